The molecule has 0 heterocycles. The van der Waals surface area contributed by atoms with E-state index in [1.54, 1.807) is 6.07 Å². The molecule has 1 aliphatic rings. The highest BCUT2D eigenvalue weighted by atomic mass is 35.5. The molecule has 2 rings (SSSR count). The SMILES string of the molecule is C=C(NC(C(CCC)CCCC)C1(C)CC1)c1ccc(F)c(Cl)c1OC. The molecule has 1 aromatic rings. The van der Waals surface area contributed by atoms with E-state index in [-0.39, 0.29) is 5.02 Å². The highest BCUT2D eigenvalue weighted by molar-refractivity contribution is 6.32. The van der Waals surface area contributed by atoms with Crippen molar-refractivity contribution in [2.24, 2.45) is 11.3 Å². The van der Waals surface area contributed by atoms with Crippen molar-refractivity contribution in [1.82, 2.24) is 5.32 Å². The lowest BCUT2D eigenvalue weighted by atomic mass is 9.80. The number of nitrogens with one attached hydrogen (secondary N) is 1. The number of benzene rings is 1. The molecule has 0 radical (unpaired) electrons. The molecule has 1 fully saturated rings. The zero-order chi connectivity index (χ0) is 19.3. The van der Waals surface area contributed by atoms with Gasteiger partial charge in [-0.2, -0.15) is 0 Å². The van der Waals surface area contributed by atoms with Crippen molar-refractivity contribution in [1.29, 1.82) is 0 Å². The van der Waals surface area contributed by atoms with Crippen molar-refractivity contribution in [3.8, 4) is 5.75 Å². The topological polar surface area (TPSA) is 21.3 Å². The van der Waals surface area contributed by atoms with Crippen molar-refractivity contribution in [3.63, 3.8) is 0 Å². The molecule has 26 heavy (non-hydrogen) atoms. The second-order valence-electron chi connectivity index (χ2n) is 7.89. The van der Waals surface area contributed by atoms with Crippen molar-refractivity contribution >= 4 is 17.3 Å². The van der Waals surface area contributed by atoms with Crippen LogP contribution in [-0.2, 0) is 0 Å². The molecule has 1 aromatic carbocycles. The van der Waals surface area contributed by atoms with E-state index in [4.69, 9.17) is 16.3 Å². The lowest BCUT2D eigenvalue weighted by Gasteiger charge is -2.35. The zero-order valence-corrected chi connectivity index (χ0v) is 17.4. The van der Waals surface area contributed by atoms with Crippen LogP contribution in [0.4, 0.5) is 4.39 Å². The van der Waals surface area contributed by atoms with Crippen LogP contribution in [0.3, 0.4) is 0 Å². The molecule has 4 heteroatoms. The first-order valence-electron chi connectivity index (χ1n) is 9.85. The van der Waals surface area contributed by atoms with Crippen molar-refractivity contribution in [2.75, 3.05) is 7.11 Å². The average molecular weight is 382 g/mol. The maximum atomic E-state index is 13.8. The second kappa shape index (κ2) is 9.12. The summed E-state index contributed by atoms with van der Waals surface area (Å²) in [7, 11) is 1.51. The van der Waals surface area contributed by atoms with Crippen LogP contribution in [0, 0.1) is 17.2 Å². The van der Waals surface area contributed by atoms with Gasteiger partial charge in [-0.15, -0.1) is 0 Å². The van der Waals surface area contributed by atoms with Crippen molar-refractivity contribution < 1.29 is 9.13 Å². The van der Waals surface area contributed by atoms with Gasteiger partial charge < -0.3 is 10.1 Å². The van der Waals surface area contributed by atoms with Gasteiger partial charge in [-0.05, 0) is 49.1 Å². The molecule has 1 saturated carbocycles. The molecule has 0 aliphatic heterocycles. The smallest absolute Gasteiger partial charge is 0.149 e. The predicted octanol–water partition coefficient (Wildman–Crippen LogP) is 6.82. The highest BCUT2D eigenvalue weighted by Crippen LogP contribution is 2.52. The van der Waals surface area contributed by atoms with Gasteiger partial charge in [0.2, 0.25) is 0 Å². The van der Waals surface area contributed by atoms with Gasteiger partial charge in [0.15, 0.2) is 0 Å². The summed E-state index contributed by atoms with van der Waals surface area (Å²) in [5.74, 6) is 0.494. The Kier molecular flexibility index (Phi) is 7.40. The Labute approximate surface area is 163 Å². The Morgan fingerprint density at radius 3 is 2.54 bits per heavy atom. The summed E-state index contributed by atoms with van der Waals surface area (Å²) in [6.07, 6.45) is 8.56. The zero-order valence-electron chi connectivity index (χ0n) is 16.6. The maximum absolute atomic E-state index is 13.8. The van der Waals surface area contributed by atoms with Gasteiger partial charge in [-0.1, -0.05) is 58.2 Å². The third-order valence-corrected chi connectivity index (χ3v) is 6.11. The standard InChI is InChI=1S/C22H33ClFNO/c1-6-8-10-16(9-7-2)21(22(4)13-14-22)25-15(3)17-11-12-18(24)19(23)20(17)26-5/h11-12,16,21,25H,3,6-10,13-14H2,1-2,4-5H3. The van der Waals surface area contributed by atoms with Gasteiger partial charge in [0.1, 0.15) is 16.6 Å². The van der Waals surface area contributed by atoms with E-state index in [1.165, 1.54) is 58.1 Å². The Bertz CT molecular complexity index is 627. The van der Waals surface area contributed by atoms with Gasteiger partial charge >= 0.3 is 0 Å². The van der Waals surface area contributed by atoms with Gasteiger partial charge in [0.25, 0.3) is 0 Å². The molecule has 0 spiro atoms. The van der Waals surface area contributed by atoms with Crippen LogP contribution in [0.1, 0.15) is 71.3 Å². The Morgan fingerprint density at radius 2 is 2.00 bits per heavy atom. The van der Waals surface area contributed by atoms with Crippen LogP contribution in [0.2, 0.25) is 5.02 Å². The summed E-state index contributed by atoms with van der Waals surface area (Å²) in [5, 5.41) is 3.71. The van der Waals surface area contributed by atoms with Crippen LogP contribution < -0.4 is 10.1 Å². The van der Waals surface area contributed by atoms with Crippen LogP contribution in [0.5, 0.6) is 5.75 Å². The third-order valence-electron chi connectivity index (χ3n) is 5.76. The van der Waals surface area contributed by atoms with Crippen molar-refractivity contribution in [3.05, 3.63) is 35.1 Å². The monoisotopic (exact) mass is 381 g/mol. The van der Waals surface area contributed by atoms with E-state index in [2.05, 4.69) is 32.7 Å². The molecule has 0 bridgehead atoms. The Hall–Kier alpha value is -1.22. The fraction of sp³-hybridized carbons (Fsp3) is 0.636. The number of hydrogen-bond donors (Lipinski definition) is 1. The number of halogens is 2. The van der Waals surface area contributed by atoms with E-state index in [9.17, 15) is 4.39 Å². The quantitative estimate of drug-likeness (QED) is 0.453. The summed E-state index contributed by atoms with van der Waals surface area (Å²) in [5.41, 5.74) is 1.81. The maximum Gasteiger partial charge on any atom is 0.149 e. The van der Waals surface area contributed by atoms with Gasteiger partial charge in [-0.25, -0.2) is 4.39 Å². The fourth-order valence-electron chi connectivity index (χ4n) is 3.92. The predicted molar refractivity (Wildman–Crippen MR) is 109 cm³/mol. The lowest BCUT2D eigenvalue weighted by molar-refractivity contribution is 0.246. The first-order chi connectivity index (χ1) is 12.4. The minimum absolute atomic E-state index is 0.0122. The first-order valence-corrected chi connectivity index (χ1v) is 10.2. The van der Waals surface area contributed by atoms with E-state index in [0.717, 1.165) is 11.3 Å². The molecule has 0 amide bonds. The number of methoxy groups -OCH3 is 1. The minimum atomic E-state index is -0.474. The fourth-order valence-corrected chi connectivity index (χ4v) is 4.16. The summed E-state index contributed by atoms with van der Waals surface area (Å²) >= 11 is 6.09. The second-order valence-corrected chi connectivity index (χ2v) is 8.27. The number of hydrogen-bond acceptors (Lipinski definition) is 2. The summed E-state index contributed by atoms with van der Waals surface area (Å²) in [4.78, 5) is 0. The highest BCUT2D eigenvalue weighted by Gasteiger charge is 2.47. The normalized spacial score (nSPS) is 17.5. The number of ether oxygens (including phenoxy) is 1. The molecule has 2 unspecified atom stereocenters. The molecule has 0 aromatic heterocycles. The molecule has 2 atom stereocenters. The third kappa shape index (κ3) is 4.73. The van der Waals surface area contributed by atoms with E-state index in [0.29, 0.717) is 23.1 Å². The summed E-state index contributed by atoms with van der Waals surface area (Å²) in [6.45, 7) is 11.1. The number of rotatable bonds is 11. The molecule has 1 aliphatic carbocycles. The van der Waals surface area contributed by atoms with Crippen LogP contribution >= 0.6 is 11.6 Å². The number of unbranched alkanes of at least 4 members (excludes halogenated alkanes) is 1. The van der Waals surface area contributed by atoms with Gasteiger partial charge in [-0.3, -0.25) is 0 Å². The van der Waals surface area contributed by atoms with Gasteiger partial charge in [0.05, 0.1) is 7.11 Å². The largest absolute Gasteiger partial charge is 0.494 e. The van der Waals surface area contributed by atoms with Gasteiger partial charge in [0, 0.05) is 17.3 Å². The van der Waals surface area contributed by atoms with E-state index < -0.39 is 5.82 Å². The first kappa shape index (κ1) is 21.1. The molecule has 2 nitrogen and oxygen atoms in total. The lowest BCUT2D eigenvalue weighted by Crippen LogP contribution is -2.41. The summed E-state index contributed by atoms with van der Waals surface area (Å²) in [6, 6.07) is 3.44. The van der Waals surface area contributed by atoms with Crippen molar-refractivity contribution in [2.45, 2.75) is 71.8 Å². The Balaban J connectivity index is 2.26. The summed E-state index contributed by atoms with van der Waals surface area (Å²) < 4.78 is 19.1. The van der Waals surface area contributed by atoms with Crippen LogP contribution in [0.15, 0.2) is 18.7 Å². The molecule has 0 saturated heterocycles. The molecular weight excluding hydrogens is 349 g/mol. The molecular formula is C22H33ClFNO. The average Bonchev–Trinajstić information content (AvgIpc) is 3.37. The minimum Gasteiger partial charge on any atom is -0.494 e. The van der Waals surface area contributed by atoms with E-state index in [1.807, 2.05) is 0 Å². The Morgan fingerprint density at radius 1 is 1.31 bits per heavy atom. The molecule has 1 N–H and O–H groups in total. The molecule has 146 valence electrons. The van der Waals surface area contributed by atoms with Crippen LogP contribution in [0.25, 0.3) is 5.70 Å². The van der Waals surface area contributed by atoms with E-state index >= 15 is 0 Å². The van der Waals surface area contributed by atoms with Crippen LogP contribution in [-0.4, -0.2) is 13.2 Å².